The Hall–Kier alpha value is -2.05. The number of carbonyl (C=O) groups is 2. The van der Waals surface area contributed by atoms with Crippen LogP contribution in [0.15, 0.2) is 17.0 Å². The fraction of sp³-hybridized carbons (Fsp3) is 0.429. The summed E-state index contributed by atoms with van der Waals surface area (Å²) in [5.74, 6) is -2.21. The first-order chi connectivity index (χ1) is 12.1. The molecule has 0 bridgehead atoms. The predicted molar refractivity (Wildman–Crippen MR) is 92.5 cm³/mol. The van der Waals surface area contributed by atoms with E-state index in [0.717, 1.165) is 19.2 Å². The van der Waals surface area contributed by atoms with Gasteiger partial charge in [0, 0.05) is 7.05 Å². The number of carbonyl (C=O) groups excluding carboxylic acids is 2. The molecule has 0 aliphatic carbocycles. The Morgan fingerprint density at radius 3 is 2.26 bits per heavy atom. The van der Waals surface area contributed by atoms with E-state index in [1.54, 1.807) is 5.32 Å². The number of benzene rings is 1. The van der Waals surface area contributed by atoms with Crippen molar-refractivity contribution < 1.29 is 36.3 Å². The molecule has 0 unspecified atom stereocenters. The molecule has 27 heavy (non-hydrogen) atoms. The number of anilines is 2. The number of rotatable bonds is 5. The number of alkyl halides is 3. The molecule has 1 atom stereocenters. The molecular formula is C14H17ClF3N3O5S. The molecule has 0 aromatic heterocycles. The average molecular weight is 432 g/mol. The molecule has 0 heterocycles. The normalized spacial score (nSPS) is 14.4. The summed E-state index contributed by atoms with van der Waals surface area (Å²) in [6, 6.07) is 0.792. The van der Waals surface area contributed by atoms with Crippen LogP contribution >= 0.6 is 11.6 Å². The third-order valence-corrected chi connectivity index (χ3v) is 5.84. The molecule has 0 aliphatic heterocycles. The number of nitrogens with two attached hydrogens (primary N) is 1. The molecule has 0 saturated carbocycles. The summed E-state index contributed by atoms with van der Waals surface area (Å²) in [7, 11) is -2.81. The Morgan fingerprint density at radius 1 is 1.33 bits per heavy atom. The molecule has 1 rings (SSSR count). The molecule has 8 nitrogen and oxygen atoms in total. The number of halogens is 4. The third kappa shape index (κ3) is 4.45. The smallest absolute Gasteiger partial charge is 0.373 e. The summed E-state index contributed by atoms with van der Waals surface area (Å²) in [5, 5.41) is 10.6. The zero-order valence-electron chi connectivity index (χ0n) is 14.4. The number of urea groups is 1. The van der Waals surface area contributed by atoms with Gasteiger partial charge in [0.15, 0.2) is 9.84 Å². The van der Waals surface area contributed by atoms with Crippen LogP contribution in [0.5, 0.6) is 0 Å². The molecule has 4 N–H and O–H groups in total. The van der Waals surface area contributed by atoms with E-state index in [-0.39, 0.29) is 12.7 Å². The number of primary amides is 1. The number of amides is 3. The van der Waals surface area contributed by atoms with Crippen LogP contribution in [0.1, 0.15) is 13.8 Å². The Kier molecular flexibility index (Phi) is 6.41. The lowest BCUT2D eigenvalue weighted by atomic mass is 10.1. The lowest BCUT2D eigenvalue weighted by Gasteiger charge is -2.26. The third-order valence-electron chi connectivity index (χ3n) is 3.70. The number of nitrogens with zero attached hydrogens (tertiary/aromatic N) is 1. The van der Waals surface area contributed by atoms with Crippen molar-refractivity contribution in [1.82, 2.24) is 0 Å². The molecule has 0 fully saturated rings. The van der Waals surface area contributed by atoms with Crippen LogP contribution < -0.4 is 16.0 Å². The van der Waals surface area contributed by atoms with Crippen LogP contribution in [0.4, 0.5) is 29.3 Å². The highest BCUT2D eigenvalue weighted by molar-refractivity contribution is 7.91. The number of nitrogens with one attached hydrogen (secondary N) is 1. The van der Waals surface area contributed by atoms with E-state index in [1.165, 1.54) is 6.92 Å². The van der Waals surface area contributed by atoms with E-state index in [0.29, 0.717) is 4.90 Å². The highest BCUT2D eigenvalue weighted by atomic mass is 35.5. The predicted octanol–water partition coefficient (Wildman–Crippen LogP) is 1.90. The van der Waals surface area contributed by atoms with Gasteiger partial charge in [0.2, 0.25) is 5.60 Å². The Balaban J connectivity index is 3.56. The minimum absolute atomic E-state index is 0.239. The van der Waals surface area contributed by atoms with Crippen molar-refractivity contribution >= 4 is 44.8 Å². The highest BCUT2D eigenvalue weighted by Gasteiger charge is 2.55. The van der Waals surface area contributed by atoms with Crippen LogP contribution in [-0.2, 0) is 14.6 Å². The van der Waals surface area contributed by atoms with E-state index in [2.05, 4.69) is 0 Å². The number of hydrogen-bond acceptors (Lipinski definition) is 5. The molecule has 13 heteroatoms. The van der Waals surface area contributed by atoms with Crippen LogP contribution in [0.2, 0.25) is 5.02 Å². The lowest BCUT2D eigenvalue weighted by Crippen LogP contribution is -2.52. The minimum atomic E-state index is -5.28. The van der Waals surface area contributed by atoms with Gasteiger partial charge in [-0.3, -0.25) is 9.69 Å². The monoisotopic (exact) mass is 431 g/mol. The van der Waals surface area contributed by atoms with Gasteiger partial charge in [-0.25, -0.2) is 13.2 Å². The lowest BCUT2D eigenvalue weighted by molar-refractivity contribution is -0.242. The van der Waals surface area contributed by atoms with Gasteiger partial charge in [0.1, 0.15) is 0 Å². The minimum Gasteiger partial charge on any atom is -0.373 e. The zero-order valence-corrected chi connectivity index (χ0v) is 16.0. The van der Waals surface area contributed by atoms with E-state index >= 15 is 0 Å². The van der Waals surface area contributed by atoms with Crippen LogP contribution in [0.25, 0.3) is 0 Å². The Morgan fingerprint density at radius 2 is 1.85 bits per heavy atom. The molecule has 1 aromatic carbocycles. The molecule has 0 radical (unpaired) electrons. The summed E-state index contributed by atoms with van der Waals surface area (Å²) in [6.45, 7) is 1.57. The van der Waals surface area contributed by atoms with Gasteiger partial charge in [-0.05, 0) is 19.1 Å². The highest BCUT2D eigenvalue weighted by Crippen LogP contribution is 2.39. The van der Waals surface area contributed by atoms with Crippen LogP contribution in [0, 0.1) is 0 Å². The van der Waals surface area contributed by atoms with Gasteiger partial charge in [0.05, 0.1) is 27.0 Å². The first-order valence-corrected chi connectivity index (χ1v) is 9.30. The molecular weight excluding hydrogens is 415 g/mol. The van der Waals surface area contributed by atoms with Gasteiger partial charge in [-0.1, -0.05) is 18.5 Å². The van der Waals surface area contributed by atoms with Crippen LogP contribution in [0.3, 0.4) is 0 Å². The maximum Gasteiger partial charge on any atom is 0.426 e. The van der Waals surface area contributed by atoms with Gasteiger partial charge in [0.25, 0.3) is 5.91 Å². The Labute approximate surface area is 158 Å². The molecule has 0 spiro atoms. The summed E-state index contributed by atoms with van der Waals surface area (Å²) < 4.78 is 62.7. The van der Waals surface area contributed by atoms with Crippen molar-refractivity contribution in [3.63, 3.8) is 0 Å². The van der Waals surface area contributed by atoms with E-state index < -0.39 is 54.8 Å². The van der Waals surface area contributed by atoms with Crippen LogP contribution in [-0.4, -0.2) is 50.0 Å². The van der Waals surface area contributed by atoms with Crippen molar-refractivity contribution in [3.8, 4) is 0 Å². The largest absolute Gasteiger partial charge is 0.426 e. The van der Waals surface area contributed by atoms with Gasteiger partial charge < -0.3 is 16.2 Å². The van der Waals surface area contributed by atoms with Crippen molar-refractivity contribution in [1.29, 1.82) is 0 Å². The maximum absolute atomic E-state index is 12.8. The van der Waals surface area contributed by atoms with Crippen molar-refractivity contribution in [2.75, 3.05) is 23.0 Å². The standard InChI is InChI=1S/C14H17ClF3N3O5S/c1-4-27(25,26)8-6-5-7(9(15)10(8)21(3)12(19)23)20-11(22)13(2,24)14(16,17)18/h5-6,24H,4H2,1-3H3,(H2,19,23)(H,20,22)/t13-/m1/s1. The van der Waals surface area contributed by atoms with E-state index in [4.69, 9.17) is 17.3 Å². The van der Waals surface area contributed by atoms with Gasteiger partial charge in [-0.2, -0.15) is 13.2 Å². The number of aliphatic hydroxyl groups is 1. The molecule has 3 amide bonds. The maximum atomic E-state index is 12.8. The second kappa shape index (κ2) is 7.52. The molecule has 0 saturated heterocycles. The molecule has 152 valence electrons. The molecule has 1 aromatic rings. The number of hydrogen-bond donors (Lipinski definition) is 3. The van der Waals surface area contributed by atoms with E-state index in [9.17, 15) is 36.3 Å². The first kappa shape index (κ1) is 23.0. The Bertz CT molecular complexity index is 871. The average Bonchev–Trinajstić information content (AvgIpc) is 2.54. The topological polar surface area (TPSA) is 130 Å². The quantitative estimate of drug-likeness (QED) is 0.655. The van der Waals surface area contributed by atoms with Crippen molar-refractivity contribution in [2.45, 2.75) is 30.5 Å². The van der Waals surface area contributed by atoms with E-state index in [1.807, 2.05) is 0 Å². The SMILES string of the molecule is CCS(=O)(=O)c1ccc(NC(=O)[C@@](C)(O)C(F)(F)F)c(Cl)c1N(C)C(N)=O. The fourth-order valence-corrected chi connectivity index (χ4v) is 3.36. The second-order valence-electron chi connectivity index (χ2n) is 5.60. The van der Waals surface area contributed by atoms with Gasteiger partial charge in [-0.15, -0.1) is 0 Å². The zero-order chi connectivity index (χ0) is 21.4. The number of sulfone groups is 1. The summed E-state index contributed by atoms with van der Waals surface area (Å²) in [4.78, 5) is 23.5. The summed E-state index contributed by atoms with van der Waals surface area (Å²) >= 11 is 6.03. The van der Waals surface area contributed by atoms with Gasteiger partial charge >= 0.3 is 12.2 Å². The summed E-state index contributed by atoms with van der Waals surface area (Å²) in [6.07, 6.45) is -5.28. The fourth-order valence-electron chi connectivity index (χ4n) is 1.85. The summed E-state index contributed by atoms with van der Waals surface area (Å²) in [5.41, 5.74) is 0.515. The first-order valence-electron chi connectivity index (χ1n) is 7.26. The second-order valence-corrected chi connectivity index (χ2v) is 8.22. The van der Waals surface area contributed by atoms with Crippen molar-refractivity contribution in [2.24, 2.45) is 5.73 Å². The van der Waals surface area contributed by atoms with Crippen molar-refractivity contribution in [3.05, 3.63) is 17.2 Å². The molecule has 0 aliphatic rings.